The molecule has 2 N–H and O–H groups in total. The summed E-state index contributed by atoms with van der Waals surface area (Å²) in [5.41, 5.74) is 3.22. The lowest BCUT2D eigenvalue weighted by Crippen LogP contribution is -2.17. The molecule has 0 saturated heterocycles. The lowest BCUT2D eigenvalue weighted by Gasteiger charge is -2.05. The second-order valence-electron chi connectivity index (χ2n) is 3.77. The van der Waals surface area contributed by atoms with E-state index in [9.17, 15) is 9.90 Å². The van der Waals surface area contributed by atoms with Gasteiger partial charge in [-0.05, 0) is 34.1 Å². The van der Waals surface area contributed by atoms with Crippen molar-refractivity contribution in [2.45, 2.75) is 0 Å². The average Bonchev–Trinajstić information content (AvgIpc) is 2.44. The van der Waals surface area contributed by atoms with Crippen LogP contribution in [0.15, 0.2) is 50.7 Å². The maximum Gasteiger partial charge on any atom is 0.275 e. The standard InChI is InChI=1S/C13H9Br2N3O2/c14-9-4-10(12(19)11(15)5-9)13(20)18-17-7-8-2-1-3-16-6-8/h1-7,19H,(H,18,20)/b17-7-. The summed E-state index contributed by atoms with van der Waals surface area (Å²) in [5, 5.41) is 13.6. The Morgan fingerprint density at radius 2 is 2.20 bits per heavy atom. The molecule has 0 radical (unpaired) electrons. The molecule has 20 heavy (non-hydrogen) atoms. The third kappa shape index (κ3) is 3.64. The lowest BCUT2D eigenvalue weighted by atomic mass is 10.2. The molecule has 1 amide bonds. The molecular weight excluding hydrogens is 390 g/mol. The van der Waals surface area contributed by atoms with E-state index in [0.29, 0.717) is 8.95 Å². The predicted octanol–water partition coefficient (Wildman–Crippen LogP) is 3.08. The van der Waals surface area contributed by atoms with E-state index in [0.717, 1.165) is 5.56 Å². The number of nitrogens with one attached hydrogen (secondary N) is 1. The van der Waals surface area contributed by atoms with Gasteiger partial charge in [0.25, 0.3) is 5.91 Å². The first-order valence-corrected chi connectivity index (χ1v) is 7.08. The topological polar surface area (TPSA) is 74.6 Å². The number of carbonyl (C=O) groups is 1. The monoisotopic (exact) mass is 397 g/mol. The number of rotatable bonds is 3. The van der Waals surface area contributed by atoms with Gasteiger partial charge in [0.15, 0.2) is 0 Å². The zero-order valence-electron chi connectivity index (χ0n) is 10.0. The molecule has 0 aliphatic heterocycles. The molecule has 7 heteroatoms. The van der Waals surface area contributed by atoms with Crippen LogP contribution in [-0.4, -0.2) is 22.2 Å². The van der Waals surface area contributed by atoms with Gasteiger partial charge in [-0.15, -0.1) is 0 Å². The minimum absolute atomic E-state index is 0.120. The number of aromatic hydroxyl groups is 1. The second-order valence-corrected chi connectivity index (χ2v) is 5.54. The molecule has 2 aromatic rings. The van der Waals surface area contributed by atoms with Crippen LogP contribution in [0.1, 0.15) is 15.9 Å². The van der Waals surface area contributed by atoms with Crippen LogP contribution in [-0.2, 0) is 0 Å². The number of carbonyl (C=O) groups excluding carboxylic acids is 1. The van der Waals surface area contributed by atoms with Crippen LogP contribution < -0.4 is 5.43 Å². The summed E-state index contributed by atoms with van der Waals surface area (Å²) >= 11 is 6.42. The Bertz CT molecular complexity index is 660. The number of nitrogens with zero attached hydrogens (tertiary/aromatic N) is 2. The highest BCUT2D eigenvalue weighted by Gasteiger charge is 2.14. The van der Waals surface area contributed by atoms with Gasteiger partial charge >= 0.3 is 0 Å². The number of hydrogen-bond acceptors (Lipinski definition) is 4. The summed E-state index contributed by atoms with van der Waals surface area (Å²) in [6.45, 7) is 0. The van der Waals surface area contributed by atoms with Crippen molar-refractivity contribution in [1.82, 2.24) is 10.4 Å². The molecule has 1 aromatic carbocycles. The number of benzene rings is 1. The van der Waals surface area contributed by atoms with Crippen molar-refractivity contribution in [1.29, 1.82) is 0 Å². The minimum Gasteiger partial charge on any atom is -0.506 e. The molecule has 0 atom stereocenters. The van der Waals surface area contributed by atoms with Gasteiger partial charge < -0.3 is 5.11 Å². The van der Waals surface area contributed by atoms with Crippen molar-refractivity contribution in [3.05, 3.63) is 56.7 Å². The van der Waals surface area contributed by atoms with Crippen LogP contribution in [0.5, 0.6) is 5.75 Å². The fourth-order valence-electron chi connectivity index (χ4n) is 1.42. The molecule has 1 aromatic heterocycles. The Kier molecular flexibility index (Phi) is 4.86. The number of hydrazone groups is 1. The molecule has 0 unspecified atom stereocenters. The van der Waals surface area contributed by atoms with Gasteiger partial charge in [0.05, 0.1) is 16.3 Å². The van der Waals surface area contributed by atoms with Gasteiger partial charge in [-0.3, -0.25) is 9.78 Å². The first-order valence-electron chi connectivity index (χ1n) is 5.49. The van der Waals surface area contributed by atoms with E-state index in [1.807, 2.05) is 0 Å². The quantitative estimate of drug-likeness (QED) is 0.616. The second kappa shape index (κ2) is 6.62. The van der Waals surface area contributed by atoms with Crippen LogP contribution in [0.3, 0.4) is 0 Å². The Hall–Kier alpha value is -1.73. The largest absolute Gasteiger partial charge is 0.506 e. The zero-order valence-corrected chi connectivity index (χ0v) is 13.2. The summed E-state index contributed by atoms with van der Waals surface area (Å²) in [4.78, 5) is 15.8. The molecule has 0 bridgehead atoms. The molecule has 102 valence electrons. The van der Waals surface area contributed by atoms with Gasteiger partial charge in [-0.25, -0.2) is 5.43 Å². The third-order valence-corrected chi connectivity index (χ3v) is 3.40. The Morgan fingerprint density at radius 3 is 2.90 bits per heavy atom. The average molecular weight is 399 g/mol. The van der Waals surface area contributed by atoms with Gasteiger partial charge in [0.1, 0.15) is 5.75 Å². The van der Waals surface area contributed by atoms with E-state index in [1.165, 1.54) is 12.3 Å². The zero-order chi connectivity index (χ0) is 14.5. The fraction of sp³-hybridized carbons (Fsp3) is 0. The first-order chi connectivity index (χ1) is 9.58. The number of pyridine rings is 1. The number of phenolic OH excluding ortho intramolecular Hbond substituents is 1. The van der Waals surface area contributed by atoms with Crippen LogP contribution in [0, 0.1) is 0 Å². The van der Waals surface area contributed by atoms with Gasteiger partial charge in [0, 0.05) is 22.4 Å². The Labute approximate surface area is 132 Å². The van der Waals surface area contributed by atoms with E-state index < -0.39 is 5.91 Å². The minimum atomic E-state index is -0.510. The van der Waals surface area contributed by atoms with Gasteiger partial charge in [-0.1, -0.05) is 22.0 Å². The lowest BCUT2D eigenvalue weighted by molar-refractivity contribution is 0.0952. The summed E-state index contributed by atoms with van der Waals surface area (Å²) in [7, 11) is 0. The molecule has 5 nitrogen and oxygen atoms in total. The highest BCUT2D eigenvalue weighted by molar-refractivity contribution is 9.11. The smallest absolute Gasteiger partial charge is 0.275 e. The Balaban J connectivity index is 2.11. The number of amides is 1. The molecule has 0 saturated carbocycles. The normalized spacial score (nSPS) is 10.7. The van der Waals surface area contributed by atoms with E-state index in [2.05, 4.69) is 47.4 Å². The molecular formula is C13H9Br2N3O2. The van der Waals surface area contributed by atoms with Crippen LogP contribution in [0.25, 0.3) is 0 Å². The number of aromatic nitrogens is 1. The number of phenols is 1. The van der Waals surface area contributed by atoms with Crippen molar-refractivity contribution < 1.29 is 9.90 Å². The maximum absolute atomic E-state index is 11.9. The van der Waals surface area contributed by atoms with Crippen molar-refractivity contribution in [3.8, 4) is 5.75 Å². The molecule has 1 heterocycles. The van der Waals surface area contributed by atoms with E-state index >= 15 is 0 Å². The van der Waals surface area contributed by atoms with Crippen molar-refractivity contribution in [3.63, 3.8) is 0 Å². The summed E-state index contributed by atoms with van der Waals surface area (Å²) < 4.78 is 1.09. The van der Waals surface area contributed by atoms with E-state index in [4.69, 9.17) is 0 Å². The SMILES string of the molecule is O=C(N/N=C\c1cccnc1)c1cc(Br)cc(Br)c1O. The number of hydrogen-bond donors (Lipinski definition) is 2. The van der Waals surface area contributed by atoms with Crippen molar-refractivity contribution in [2.24, 2.45) is 5.10 Å². The van der Waals surface area contributed by atoms with Crippen LogP contribution in [0.4, 0.5) is 0 Å². The summed E-state index contributed by atoms with van der Waals surface area (Å²) in [6, 6.07) is 6.72. The predicted molar refractivity (Wildman–Crippen MR) is 82.8 cm³/mol. The van der Waals surface area contributed by atoms with Crippen molar-refractivity contribution >= 4 is 44.0 Å². The molecule has 2 rings (SSSR count). The van der Waals surface area contributed by atoms with Crippen LogP contribution in [0.2, 0.25) is 0 Å². The molecule has 0 aliphatic rings. The van der Waals surface area contributed by atoms with E-state index in [1.54, 1.807) is 30.6 Å². The molecule has 0 fully saturated rings. The fourth-order valence-corrected chi connectivity index (χ4v) is 2.64. The van der Waals surface area contributed by atoms with Gasteiger partial charge in [0.2, 0.25) is 0 Å². The highest BCUT2D eigenvalue weighted by atomic mass is 79.9. The van der Waals surface area contributed by atoms with E-state index in [-0.39, 0.29) is 11.3 Å². The number of halogens is 2. The third-order valence-electron chi connectivity index (χ3n) is 2.34. The summed E-state index contributed by atoms with van der Waals surface area (Å²) in [5.74, 6) is -0.646. The molecule has 0 aliphatic carbocycles. The van der Waals surface area contributed by atoms with Gasteiger partial charge in [-0.2, -0.15) is 5.10 Å². The molecule has 0 spiro atoms. The maximum atomic E-state index is 11.9. The first kappa shape index (κ1) is 14.7. The Morgan fingerprint density at radius 1 is 1.40 bits per heavy atom. The van der Waals surface area contributed by atoms with Crippen molar-refractivity contribution in [2.75, 3.05) is 0 Å². The highest BCUT2D eigenvalue weighted by Crippen LogP contribution is 2.31. The summed E-state index contributed by atoms with van der Waals surface area (Å²) in [6.07, 6.45) is 4.73. The van der Waals surface area contributed by atoms with Crippen LogP contribution >= 0.6 is 31.9 Å².